The maximum absolute atomic E-state index is 12.9. The molecular weight excluding hydrogens is 647 g/mol. The Kier molecular flexibility index (Phi) is 10.3. The van der Waals surface area contributed by atoms with Crippen LogP contribution in [0.3, 0.4) is 0 Å². The van der Waals surface area contributed by atoms with E-state index in [-0.39, 0.29) is 29.2 Å². The van der Waals surface area contributed by atoms with E-state index in [0.717, 1.165) is 16.7 Å². The largest absolute Gasteiger partial charge is 0.445 e. The number of rotatable bonds is 14. The molecule has 16 heteroatoms. The molecule has 0 spiro atoms. The molecule has 0 aliphatic heterocycles. The molecule has 5 N–H and O–H groups in total. The lowest BCUT2D eigenvalue weighted by atomic mass is 10.2. The van der Waals surface area contributed by atoms with E-state index in [0.29, 0.717) is 30.0 Å². The highest BCUT2D eigenvalue weighted by Crippen LogP contribution is 2.28. The molecule has 4 aromatic rings. The molecule has 0 radical (unpaired) electrons. The summed E-state index contributed by atoms with van der Waals surface area (Å²) < 4.78 is 59.7. The van der Waals surface area contributed by atoms with E-state index in [1.54, 1.807) is 42.6 Å². The maximum atomic E-state index is 12.9. The van der Waals surface area contributed by atoms with E-state index >= 15 is 0 Å². The second-order valence-corrected chi connectivity index (χ2v) is 14.4. The minimum absolute atomic E-state index is 0.00584. The zero-order valence-electron chi connectivity index (χ0n) is 25.3. The van der Waals surface area contributed by atoms with Crippen molar-refractivity contribution in [2.45, 2.75) is 43.1 Å². The van der Waals surface area contributed by atoms with Crippen LogP contribution in [0, 0.1) is 6.92 Å². The minimum atomic E-state index is -4.28. The van der Waals surface area contributed by atoms with Gasteiger partial charge in [0.2, 0.25) is 16.0 Å². The molecule has 0 saturated heterocycles. The van der Waals surface area contributed by atoms with Crippen molar-refractivity contribution in [3.63, 3.8) is 0 Å². The number of hydrogen-bond donors (Lipinski definition) is 5. The molecule has 1 aliphatic carbocycles. The number of amides is 2. The summed E-state index contributed by atoms with van der Waals surface area (Å²) in [6, 6.07) is 21.9. The van der Waals surface area contributed by atoms with Crippen LogP contribution in [0.25, 0.3) is 0 Å². The van der Waals surface area contributed by atoms with Crippen LogP contribution in [0.2, 0.25) is 0 Å². The molecule has 47 heavy (non-hydrogen) atoms. The molecule has 14 nitrogen and oxygen atoms in total. The van der Waals surface area contributed by atoms with E-state index in [4.69, 9.17) is 4.74 Å². The summed E-state index contributed by atoms with van der Waals surface area (Å²) in [6.45, 7) is 1.36. The number of alkyl carbamates (subject to hydrolysis) is 1. The second-order valence-electron chi connectivity index (χ2n) is 10.7. The predicted octanol–water partition coefficient (Wildman–Crippen LogP) is 3.59. The normalized spacial score (nSPS) is 13.0. The third-order valence-electron chi connectivity index (χ3n) is 6.86. The van der Waals surface area contributed by atoms with Gasteiger partial charge in [-0.3, -0.25) is 4.79 Å². The Morgan fingerprint density at radius 2 is 1.57 bits per heavy atom. The van der Waals surface area contributed by atoms with Crippen molar-refractivity contribution in [3.8, 4) is 0 Å². The molecule has 246 valence electrons. The van der Waals surface area contributed by atoms with E-state index in [9.17, 15) is 26.4 Å². The fraction of sp³-hybridized carbons (Fsp3) is 0.226. The number of ether oxygens (including phenoxy) is 1. The monoisotopic (exact) mass is 679 g/mol. The van der Waals surface area contributed by atoms with Gasteiger partial charge < -0.3 is 20.7 Å². The average Bonchev–Trinajstić information content (AvgIpc) is 3.91. The molecule has 1 aliphatic rings. The number of aryl methyl sites for hydroxylation is 1. The molecule has 2 amide bonds. The van der Waals surface area contributed by atoms with Crippen molar-refractivity contribution < 1.29 is 31.2 Å². The van der Waals surface area contributed by atoms with E-state index in [1.165, 1.54) is 18.2 Å². The lowest BCUT2D eigenvalue weighted by Crippen LogP contribution is -2.39. The summed E-state index contributed by atoms with van der Waals surface area (Å²) in [5, 5.41) is 8.10. The summed E-state index contributed by atoms with van der Waals surface area (Å²) in [7, 11) is -7.59. The van der Waals surface area contributed by atoms with Gasteiger partial charge in [0, 0.05) is 29.7 Å². The van der Waals surface area contributed by atoms with Crippen molar-refractivity contribution in [2.24, 2.45) is 0 Å². The SMILES string of the molecule is Cc1cnc(Nc2cccc(S(=O)(=O)NC(=O)CNC(=O)OCc3ccccc3)c2)nc1Nc1cccc(CNS(=O)(=O)C2CC2)c1. The molecule has 3 aromatic carbocycles. The van der Waals surface area contributed by atoms with Gasteiger partial charge in [-0.05, 0) is 61.2 Å². The van der Waals surface area contributed by atoms with E-state index in [1.807, 2.05) is 35.9 Å². The predicted molar refractivity (Wildman–Crippen MR) is 175 cm³/mol. The van der Waals surface area contributed by atoms with Gasteiger partial charge in [-0.25, -0.2) is 36.1 Å². The van der Waals surface area contributed by atoms with E-state index < -0.39 is 38.6 Å². The van der Waals surface area contributed by atoms with Gasteiger partial charge in [-0.2, -0.15) is 4.98 Å². The van der Waals surface area contributed by atoms with Crippen molar-refractivity contribution in [3.05, 3.63) is 102 Å². The summed E-state index contributed by atoms with van der Waals surface area (Å²) in [5.74, 6) is -0.311. The number of nitrogens with zero attached hydrogens (tertiary/aromatic N) is 2. The molecule has 0 unspecified atom stereocenters. The van der Waals surface area contributed by atoms with Crippen LogP contribution in [0.15, 0.2) is 90.0 Å². The topological polar surface area (TPSA) is 198 Å². The van der Waals surface area contributed by atoms with Gasteiger partial charge in [0.15, 0.2) is 0 Å². The van der Waals surface area contributed by atoms with Crippen LogP contribution < -0.4 is 25.4 Å². The first-order valence-electron chi connectivity index (χ1n) is 14.5. The fourth-order valence-corrected chi connectivity index (χ4v) is 6.64. The van der Waals surface area contributed by atoms with Gasteiger partial charge in [-0.1, -0.05) is 48.5 Å². The first-order valence-corrected chi connectivity index (χ1v) is 17.6. The third-order valence-corrected chi connectivity index (χ3v) is 10.1. The standard InChI is InChI=1S/C31H33N7O7S2/c1-21-17-32-30(37-29(21)35-24-10-5-9-23(15-24)18-34-46(41,42)26-13-14-26)36-25-11-6-12-27(16-25)47(43,44)38-28(39)19-33-31(40)45-20-22-7-3-2-4-8-22/h2-12,15-17,26,34H,13-14,18-20H2,1H3,(H,33,40)(H,38,39)(H2,32,35,36,37). The highest BCUT2D eigenvalue weighted by Gasteiger charge is 2.35. The zero-order chi connectivity index (χ0) is 33.4. The molecule has 1 fully saturated rings. The molecule has 1 heterocycles. The number of aromatic nitrogens is 2. The number of hydrogen-bond acceptors (Lipinski definition) is 11. The number of carbonyl (C=O) groups excluding carboxylic acids is 2. The molecule has 5 rings (SSSR count). The number of anilines is 4. The molecule has 1 saturated carbocycles. The lowest BCUT2D eigenvalue weighted by Gasteiger charge is -2.13. The van der Waals surface area contributed by atoms with E-state index in [2.05, 4.69) is 30.6 Å². The van der Waals surface area contributed by atoms with Crippen molar-refractivity contribution in [1.82, 2.24) is 24.7 Å². The van der Waals surface area contributed by atoms with Crippen LogP contribution in [0.5, 0.6) is 0 Å². The average molecular weight is 680 g/mol. The van der Waals surface area contributed by atoms with Crippen LogP contribution in [0.1, 0.15) is 29.5 Å². The van der Waals surface area contributed by atoms with Crippen LogP contribution >= 0.6 is 0 Å². The lowest BCUT2D eigenvalue weighted by molar-refractivity contribution is -0.118. The van der Waals surface area contributed by atoms with Crippen molar-refractivity contribution >= 4 is 55.2 Å². The number of sulfonamides is 2. The maximum Gasteiger partial charge on any atom is 0.407 e. The molecular formula is C31H33N7O7S2. The summed E-state index contributed by atoms with van der Waals surface area (Å²) in [4.78, 5) is 32.8. The quantitative estimate of drug-likeness (QED) is 0.131. The smallest absolute Gasteiger partial charge is 0.407 e. The first kappa shape index (κ1) is 33.3. The Labute approximate surface area is 272 Å². The summed E-state index contributed by atoms with van der Waals surface area (Å²) >= 11 is 0. The Hall–Kier alpha value is -5.06. The zero-order valence-corrected chi connectivity index (χ0v) is 26.9. The van der Waals surface area contributed by atoms with Crippen molar-refractivity contribution in [1.29, 1.82) is 0 Å². The summed E-state index contributed by atoms with van der Waals surface area (Å²) in [5.41, 5.74) is 3.27. The Morgan fingerprint density at radius 3 is 2.32 bits per heavy atom. The number of nitrogens with one attached hydrogen (secondary N) is 5. The van der Waals surface area contributed by atoms with Crippen LogP contribution in [-0.2, 0) is 42.7 Å². The highest BCUT2D eigenvalue weighted by atomic mass is 32.2. The van der Waals surface area contributed by atoms with Gasteiger partial charge in [0.1, 0.15) is 19.0 Å². The first-order chi connectivity index (χ1) is 22.5. The van der Waals surface area contributed by atoms with Gasteiger partial charge in [0.05, 0.1) is 10.1 Å². The Morgan fingerprint density at radius 1 is 0.872 bits per heavy atom. The number of benzene rings is 3. The van der Waals surface area contributed by atoms with Gasteiger partial charge in [-0.15, -0.1) is 0 Å². The van der Waals surface area contributed by atoms with Gasteiger partial charge >= 0.3 is 6.09 Å². The molecule has 0 atom stereocenters. The Bertz CT molecular complexity index is 1970. The third kappa shape index (κ3) is 9.71. The Balaban J connectivity index is 1.17. The fourth-order valence-electron chi connectivity index (χ4n) is 4.25. The highest BCUT2D eigenvalue weighted by molar-refractivity contribution is 7.90. The van der Waals surface area contributed by atoms with Gasteiger partial charge in [0.25, 0.3) is 15.9 Å². The summed E-state index contributed by atoms with van der Waals surface area (Å²) in [6.07, 6.45) is 2.09. The number of carbonyl (C=O) groups is 2. The molecule has 1 aromatic heterocycles. The van der Waals surface area contributed by atoms with Crippen molar-refractivity contribution in [2.75, 3.05) is 17.2 Å². The minimum Gasteiger partial charge on any atom is -0.445 e. The second kappa shape index (κ2) is 14.6. The molecule has 0 bridgehead atoms. The van der Waals surface area contributed by atoms with Crippen LogP contribution in [-0.4, -0.2) is 50.6 Å². The van der Waals surface area contributed by atoms with Crippen LogP contribution in [0.4, 0.5) is 27.9 Å².